The molecule has 0 aliphatic rings. The number of methoxy groups -OCH3 is 2. The Morgan fingerprint density at radius 2 is 2.11 bits per heavy atom. The van der Waals surface area contributed by atoms with E-state index in [1.807, 2.05) is 39.8 Å². The molecule has 3 rings (SSSR count). The van der Waals surface area contributed by atoms with Gasteiger partial charge in [-0.1, -0.05) is 6.07 Å². The average Bonchev–Trinajstić information content (AvgIpc) is 3.36. The minimum atomic E-state index is 0.0318. The molecule has 0 aliphatic heterocycles. The number of nitrogens with one attached hydrogen (secondary N) is 1. The topological polar surface area (TPSA) is 83.2 Å². The van der Waals surface area contributed by atoms with Crippen molar-refractivity contribution in [2.24, 2.45) is 0 Å². The Morgan fingerprint density at radius 3 is 2.85 bits per heavy atom. The molecule has 1 amide bonds. The molecule has 8 nitrogen and oxygen atoms in total. The second-order valence-corrected chi connectivity index (χ2v) is 5.90. The number of rotatable bonds is 8. The Morgan fingerprint density at radius 1 is 1.26 bits per heavy atom. The fourth-order valence-corrected chi connectivity index (χ4v) is 2.90. The van der Waals surface area contributed by atoms with Gasteiger partial charge in [-0.15, -0.1) is 0 Å². The van der Waals surface area contributed by atoms with Crippen LogP contribution in [0.4, 0.5) is 0 Å². The summed E-state index contributed by atoms with van der Waals surface area (Å²) in [6.07, 6.45) is 8.51. The van der Waals surface area contributed by atoms with E-state index in [2.05, 4.69) is 15.4 Å². The molecule has 2 aromatic heterocycles. The van der Waals surface area contributed by atoms with Crippen molar-refractivity contribution in [1.29, 1.82) is 0 Å². The Labute approximate surface area is 157 Å². The lowest BCUT2D eigenvalue weighted by molar-refractivity contribution is -0.120. The van der Waals surface area contributed by atoms with Crippen LogP contribution in [0.1, 0.15) is 12.8 Å². The van der Waals surface area contributed by atoms with Crippen molar-refractivity contribution < 1.29 is 14.3 Å². The molecule has 0 spiro atoms. The van der Waals surface area contributed by atoms with Gasteiger partial charge in [0, 0.05) is 38.6 Å². The Bertz CT molecular complexity index is 916. The monoisotopic (exact) mass is 369 g/mol. The maximum absolute atomic E-state index is 11.3. The van der Waals surface area contributed by atoms with Crippen molar-refractivity contribution in [3.05, 3.63) is 43.0 Å². The number of para-hydroxylation sites is 1. The zero-order valence-electron chi connectivity index (χ0n) is 15.7. The van der Waals surface area contributed by atoms with Gasteiger partial charge < -0.3 is 14.8 Å². The van der Waals surface area contributed by atoms with E-state index >= 15 is 0 Å². The minimum absolute atomic E-state index is 0.0318. The maximum atomic E-state index is 11.3. The van der Waals surface area contributed by atoms with Gasteiger partial charge >= 0.3 is 0 Å². The summed E-state index contributed by atoms with van der Waals surface area (Å²) in [4.78, 5) is 15.8. The molecule has 2 heterocycles. The van der Waals surface area contributed by atoms with E-state index in [9.17, 15) is 4.79 Å². The highest BCUT2D eigenvalue weighted by molar-refractivity contribution is 5.75. The number of amides is 1. The summed E-state index contributed by atoms with van der Waals surface area (Å²) < 4.78 is 14.7. The number of carbonyl (C=O) groups excluding carboxylic acids is 1. The van der Waals surface area contributed by atoms with Gasteiger partial charge in [0.05, 0.1) is 31.7 Å². The van der Waals surface area contributed by atoms with E-state index in [1.54, 1.807) is 33.7 Å². The van der Waals surface area contributed by atoms with Gasteiger partial charge in [-0.3, -0.25) is 14.0 Å². The van der Waals surface area contributed by atoms with Crippen molar-refractivity contribution >= 4 is 5.91 Å². The zero-order chi connectivity index (χ0) is 19.2. The van der Waals surface area contributed by atoms with Gasteiger partial charge in [-0.05, 0) is 18.6 Å². The van der Waals surface area contributed by atoms with Crippen LogP contribution in [0.15, 0.2) is 43.0 Å². The average molecular weight is 369 g/mol. The molecule has 0 fully saturated rings. The van der Waals surface area contributed by atoms with Crippen molar-refractivity contribution in [2.45, 2.75) is 19.4 Å². The molecule has 0 unspecified atom stereocenters. The quantitative estimate of drug-likeness (QED) is 0.659. The smallest absolute Gasteiger partial charge is 0.219 e. The van der Waals surface area contributed by atoms with Gasteiger partial charge in [0.2, 0.25) is 5.91 Å². The minimum Gasteiger partial charge on any atom is -0.493 e. The van der Waals surface area contributed by atoms with Gasteiger partial charge in [-0.25, -0.2) is 4.98 Å². The summed E-state index contributed by atoms with van der Waals surface area (Å²) in [5.74, 6) is 2.04. The van der Waals surface area contributed by atoms with Crippen LogP contribution in [0, 0.1) is 0 Å². The summed E-state index contributed by atoms with van der Waals surface area (Å²) in [5.41, 5.74) is 1.71. The lowest BCUT2D eigenvalue weighted by Gasteiger charge is -2.13. The number of aromatic nitrogens is 4. The number of hydrogen-bond donors (Lipinski definition) is 1. The van der Waals surface area contributed by atoms with Crippen LogP contribution in [-0.2, 0) is 11.3 Å². The number of nitrogens with zero attached hydrogens (tertiary/aromatic N) is 4. The van der Waals surface area contributed by atoms with E-state index < -0.39 is 0 Å². The summed E-state index contributed by atoms with van der Waals surface area (Å²) >= 11 is 0. The van der Waals surface area contributed by atoms with Crippen LogP contribution in [0.3, 0.4) is 0 Å². The summed E-state index contributed by atoms with van der Waals surface area (Å²) in [5, 5.41) is 7.01. The molecule has 1 N–H and O–H groups in total. The summed E-state index contributed by atoms with van der Waals surface area (Å²) in [6.45, 7) is 0.667. The SMILES string of the molecule is CNC(=O)CCCn1cc(-n2ccnc2-c2cccc(OC)c2OC)cn1. The fourth-order valence-electron chi connectivity index (χ4n) is 2.90. The zero-order valence-corrected chi connectivity index (χ0v) is 15.7. The van der Waals surface area contributed by atoms with Crippen LogP contribution in [0.2, 0.25) is 0 Å². The van der Waals surface area contributed by atoms with Crippen LogP contribution >= 0.6 is 0 Å². The number of aryl methyl sites for hydroxylation is 1. The largest absolute Gasteiger partial charge is 0.493 e. The summed E-state index contributed by atoms with van der Waals surface area (Å²) in [6, 6.07) is 5.69. The van der Waals surface area contributed by atoms with Gasteiger partial charge in [0.1, 0.15) is 5.82 Å². The predicted octanol–water partition coefficient (Wildman–Crippen LogP) is 2.28. The van der Waals surface area contributed by atoms with E-state index in [0.29, 0.717) is 24.5 Å². The number of ether oxygens (including phenoxy) is 2. The highest BCUT2D eigenvalue weighted by Gasteiger charge is 2.17. The highest BCUT2D eigenvalue weighted by Crippen LogP contribution is 2.37. The van der Waals surface area contributed by atoms with E-state index in [1.165, 1.54) is 0 Å². The van der Waals surface area contributed by atoms with Crippen molar-refractivity contribution in [3.8, 4) is 28.6 Å². The second kappa shape index (κ2) is 8.39. The first-order valence-corrected chi connectivity index (χ1v) is 8.66. The third-order valence-corrected chi connectivity index (χ3v) is 4.25. The van der Waals surface area contributed by atoms with E-state index in [-0.39, 0.29) is 5.91 Å². The molecule has 8 heteroatoms. The molecular weight excluding hydrogens is 346 g/mol. The number of imidazole rings is 1. The van der Waals surface area contributed by atoms with Gasteiger partial charge in [0.15, 0.2) is 11.5 Å². The highest BCUT2D eigenvalue weighted by atomic mass is 16.5. The third kappa shape index (κ3) is 3.94. The molecular formula is C19H23N5O3. The molecule has 0 radical (unpaired) electrons. The van der Waals surface area contributed by atoms with Gasteiger partial charge in [-0.2, -0.15) is 5.10 Å². The lowest BCUT2D eigenvalue weighted by Crippen LogP contribution is -2.17. The molecule has 142 valence electrons. The molecule has 27 heavy (non-hydrogen) atoms. The lowest BCUT2D eigenvalue weighted by atomic mass is 10.1. The number of hydrogen-bond acceptors (Lipinski definition) is 5. The first kappa shape index (κ1) is 18.5. The Balaban J connectivity index is 1.85. The standard InChI is InChI=1S/C19H23N5O3/c1-20-17(25)8-5-10-23-13-14(12-22-23)24-11-9-21-19(24)15-6-4-7-16(26-2)18(15)27-3/h4,6-7,9,11-13H,5,8,10H2,1-3H3,(H,20,25). The molecule has 0 saturated heterocycles. The van der Waals surface area contributed by atoms with Crippen molar-refractivity contribution in [1.82, 2.24) is 24.6 Å². The Kier molecular flexibility index (Phi) is 5.75. The second-order valence-electron chi connectivity index (χ2n) is 5.90. The third-order valence-electron chi connectivity index (χ3n) is 4.25. The molecule has 1 aromatic carbocycles. The number of benzene rings is 1. The Hall–Kier alpha value is -3.29. The summed E-state index contributed by atoms with van der Waals surface area (Å²) in [7, 11) is 4.86. The normalized spacial score (nSPS) is 10.6. The first-order valence-electron chi connectivity index (χ1n) is 8.66. The van der Waals surface area contributed by atoms with Gasteiger partial charge in [0.25, 0.3) is 0 Å². The molecule has 3 aromatic rings. The van der Waals surface area contributed by atoms with Crippen LogP contribution in [0.5, 0.6) is 11.5 Å². The van der Waals surface area contributed by atoms with Crippen LogP contribution in [-0.4, -0.2) is 46.5 Å². The van der Waals surface area contributed by atoms with E-state index in [4.69, 9.17) is 9.47 Å². The van der Waals surface area contributed by atoms with Crippen LogP contribution in [0.25, 0.3) is 17.1 Å². The molecule has 0 bridgehead atoms. The van der Waals surface area contributed by atoms with E-state index in [0.717, 1.165) is 23.5 Å². The predicted molar refractivity (Wildman–Crippen MR) is 101 cm³/mol. The fraction of sp³-hybridized carbons (Fsp3) is 0.316. The van der Waals surface area contributed by atoms with Crippen molar-refractivity contribution in [3.63, 3.8) is 0 Å². The molecule has 0 aliphatic carbocycles. The molecule has 0 saturated carbocycles. The first-order chi connectivity index (χ1) is 13.2. The molecule has 0 atom stereocenters. The number of carbonyl (C=O) groups is 1. The van der Waals surface area contributed by atoms with Crippen LogP contribution < -0.4 is 14.8 Å². The van der Waals surface area contributed by atoms with Crippen molar-refractivity contribution in [2.75, 3.05) is 21.3 Å². The maximum Gasteiger partial charge on any atom is 0.219 e.